The van der Waals surface area contributed by atoms with E-state index in [1.165, 1.54) is 6.07 Å². The Bertz CT molecular complexity index is 631. The van der Waals surface area contributed by atoms with Crippen LogP contribution in [-0.4, -0.2) is 25.5 Å². The Labute approximate surface area is 140 Å². The highest BCUT2D eigenvalue weighted by molar-refractivity contribution is 6.30. The molecule has 2 aromatic carbocycles. The molecule has 0 heterocycles. The van der Waals surface area contributed by atoms with Gasteiger partial charge in [0.1, 0.15) is 5.82 Å². The second-order valence-corrected chi connectivity index (χ2v) is 5.68. The lowest BCUT2D eigenvalue weighted by molar-refractivity contribution is -0.120. The highest BCUT2D eigenvalue weighted by Gasteiger charge is 2.03. The molecule has 0 unspecified atom stereocenters. The molecule has 0 aliphatic carbocycles. The Morgan fingerprint density at radius 3 is 2.48 bits per heavy atom. The molecule has 23 heavy (non-hydrogen) atoms. The number of rotatable bonds is 8. The lowest BCUT2D eigenvalue weighted by Crippen LogP contribution is -2.35. The summed E-state index contributed by atoms with van der Waals surface area (Å²) in [6.45, 7) is 1.37. The molecule has 5 heteroatoms. The largest absolute Gasteiger partial charge is 0.355 e. The summed E-state index contributed by atoms with van der Waals surface area (Å²) in [6, 6.07) is 14.2. The first-order valence-corrected chi connectivity index (χ1v) is 7.98. The molecule has 2 aromatic rings. The molecule has 2 rings (SSSR count). The second-order valence-electron chi connectivity index (χ2n) is 5.24. The van der Waals surface area contributed by atoms with Crippen molar-refractivity contribution in [2.45, 2.75) is 12.8 Å². The van der Waals surface area contributed by atoms with Crippen LogP contribution in [0.1, 0.15) is 11.1 Å². The van der Waals surface area contributed by atoms with Crippen LogP contribution in [0.2, 0.25) is 5.02 Å². The average Bonchev–Trinajstić information content (AvgIpc) is 2.55. The minimum atomic E-state index is -0.207. The van der Waals surface area contributed by atoms with Crippen molar-refractivity contribution in [3.05, 3.63) is 70.5 Å². The van der Waals surface area contributed by atoms with Crippen LogP contribution in [0, 0.1) is 5.82 Å². The van der Waals surface area contributed by atoms with Crippen LogP contribution < -0.4 is 10.6 Å². The van der Waals surface area contributed by atoms with Gasteiger partial charge in [-0.15, -0.1) is 0 Å². The summed E-state index contributed by atoms with van der Waals surface area (Å²) in [5.41, 5.74) is 1.78. The number of benzene rings is 2. The summed E-state index contributed by atoms with van der Waals surface area (Å²) in [5, 5.41) is 6.57. The summed E-state index contributed by atoms with van der Waals surface area (Å²) < 4.78 is 13.4. The van der Waals surface area contributed by atoms with E-state index in [0.29, 0.717) is 30.1 Å². The lowest BCUT2D eigenvalue weighted by Gasteiger charge is -2.07. The Morgan fingerprint density at radius 2 is 1.74 bits per heavy atom. The Balaban J connectivity index is 1.58. The van der Waals surface area contributed by atoms with Crippen molar-refractivity contribution in [3.63, 3.8) is 0 Å². The molecule has 0 aliphatic rings. The van der Waals surface area contributed by atoms with Gasteiger partial charge in [-0.3, -0.25) is 4.79 Å². The highest BCUT2D eigenvalue weighted by atomic mass is 35.5. The number of carbonyl (C=O) groups is 1. The van der Waals surface area contributed by atoms with Crippen LogP contribution in [0.5, 0.6) is 0 Å². The summed E-state index contributed by atoms with van der Waals surface area (Å²) in [7, 11) is 0. The smallest absolute Gasteiger partial charge is 0.233 e. The van der Waals surface area contributed by atoms with E-state index in [2.05, 4.69) is 10.6 Å². The number of hydrogen-bond donors (Lipinski definition) is 2. The molecule has 0 saturated heterocycles. The number of halogens is 2. The van der Waals surface area contributed by atoms with Crippen molar-refractivity contribution in [1.29, 1.82) is 0 Å². The van der Waals surface area contributed by atoms with Crippen molar-refractivity contribution >= 4 is 17.5 Å². The van der Waals surface area contributed by atoms with E-state index >= 15 is 0 Å². The zero-order chi connectivity index (χ0) is 16.5. The molecule has 0 aliphatic heterocycles. The predicted octanol–water partition coefficient (Wildman–Crippen LogP) is 2.97. The number of amides is 1. The fourth-order valence-electron chi connectivity index (χ4n) is 2.19. The molecule has 0 spiro atoms. The molecule has 0 aromatic heterocycles. The molecule has 0 bridgehead atoms. The van der Waals surface area contributed by atoms with Crippen LogP contribution in [-0.2, 0) is 17.6 Å². The van der Waals surface area contributed by atoms with Gasteiger partial charge in [-0.1, -0.05) is 41.9 Å². The van der Waals surface area contributed by atoms with Crippen LogP contribution in [0.4, 0.5) is 4.39 Å². The maximum atomic E-state index is 13.4. The maximum absolute atomic E-state index is 13.4. The van der Waals surface area contributed by atoms with E-state index in [4.69, 9.17) is 11.6 Å². The monoisotopic (exact) mass is 334 g/mol. The summed E-state index contributed by atoms with van der Waals surface area (Å²) in [4.78, 5) is 11.7. The predicted molar refractivity (Wildman–Crippen MR) is 91.1 cm³/mol. The first-order chi connectivity index (χ1) is 11.1. The fourth-order valence-corrected chi connectivity index (χ4v) is 2.31. The van der Waals surface area contributed by atoms with Gasteiger partial charge in [-0.2, -0.15) is 0 Å². The molecular weight excluding hydrogens is 315 g/mol. The van der Waals surface area contributed by atoms with Gasteiger partial charge in [0, 0.05) is 11.6 Å². The quantitative estimate of drug-likeness (QED) is 0.729. The molecule has 0 fully saturated rings. The fraction of sp³-hybridized carbons (Fsp3) is 0.278. The van der Waals surface area contributed by atoms with E-state index < -0.39 is 0 Å². The molecule has 0 atom stereocenters. The van der Waals surface area contributed by atoms with Gasteiger partial charge in [-0.25, -0.2) is 4.39 Å². The molecule has 0 saturated carbocycles. The molecule has 122 valence electrons. The van der Waals surface area contributed by atoms with E-state index in [0.717, 1.165) is 12.0 Å². The third-order valence-electron chi connectivity index (χ3n) is 3.46. The van der Waals surface area contributed by atoms with Crippen LogP contribution in [0.25, 0.3) is 0 Å². The molecule has 3 nitrogen and oxygen atoms in total. The normalized spacial score (nSPS) is 10.5. The van der Waals surface area contributed by atoms with Gasteiger partial charge < -0.3 is 10.6 Å². The van der Waals surface area contributed by atoms with Gasteiger partial charge in [0.25, 0.3) is 0 Å². The maximum Gasteiger partial charge on any atom is 0.233 e. The SMILES string of the molecule is O=C(CNCCc1ccccc1F)NCCc1ccc(Cl)cc1. The van der Waals surface area contributed by atoms with Crippen molar-refractivity contribution in [2.24, 2.45) is 0 Å². The van der Waals surface area contributed by atoms with Gasteiger partial charge in [-0.05, 0) is 48.7 Å². The standard InChI is InChI=1S/C18H20ClFN2O/c19-16-7-5-14(6-8-16)9-12-22-18(23)13-21-11-10-15-3-1-2-4-17(15)20/h1-8,21H,9-13H2,(H,22,23). The third-order valence-corrected chi connectivity index (χ3v) is 3.72. The molecular formula is C18H20ClFN2O. The summed E-state index contributed by atoms with van der Waals surface area (Å²) in [5.74, 6) is -0.269. The molecule has 1 amide bonds. The lowest BCUT2D eigenvalue weighted by atomic mass is 10.1. The Hall–Kier alpha value is -1.91. The minimum Gasteiger partial charge on any atom is -0.355 e. The highest BCUT2D eigenvalue weighted by Crippen LogP contribution is 2.09. The first kappa shape index (κ1) is 17.4. The summed E-state index contributed by atoms with van der Waals surface area (Å²) >= 11 is 5.82. The topological polar surface area (TPSA) is 41.1 Å². The number of carbonyl (C=O) groups excluding carboxylic acids is 1. The van der Waals surface area contributed by atoms with Crippen molar-refractivity contribution in [1.82, 2.24) is 10.6 Å². The first-order valence-electron chi connectivity index (χ1n) is 7.60. The Kier molecular flexibility index (Phi) is 7.04. The second kappa shape index (κ2) is 9.28. The van der Waals surface area contributed by atoms with E-state index in [-0.39, 0.29) is 18.3 Å². The van der Waals surface area contributed by atoms with Gasteiger partial charge in [0.05, 0.1) is 6.54 Å². The zero-order valence-corrected chi connectivity index (χ0v) is 13.6. The van der Waals surface area contributed by atoms with Crippen LogP contribution in [0.15, 0.2) is 48.5 Å². The third kappa shape index (κ3) is 6.38. The zero-order valence-electron chi connectivity index (χ0n) is 12.8. The minimum absolute atomic E-state index is 0.0625. The Morgan fingerprint density at radius 1 is 1.00 bits per heavy atom. The van der Waals surface area contributed by atoms with E-state index in [1.807, 2.05) is 30.3 Å². The van der Waals surface area contributed by atoms with Crippen molar-refractivity contribution in [2.75, 3.05) is 19.6 Å². The molecule has 2 N–H and O–H groups in total. The van der Waals surface area contributed by atoms with E-state index in [1.54, 1.807) is 12.1 Å². The summed E-state index contributed by atoms with van der Waals surface area (Å²) in [6.07, 6.45) is 1.32. The average molecular weight is 335 g/mol. The van der Waals surface area contributed by atoms with Gasteiger partial charge >= 0.3 is 0 Å². The van der Waals surface area contributed by atoms with Crippen molar-refractivity contribution < 1.29 is 9.18 Å². The van der Waals surface area contributed by atoms with Crippen LogP contribution in [0.3, 0.4) is 0 Å². The van der Waals surface area contributed by atoms with E-state index in [9.17, 15) is 9.18 Å². The number of nitrogens with one attached hydrogen (secondary N) is 2. The molecule has 0 radical (unpaired) electrons. The van der Waals surface area contributed by atoms with Gasteiger partial charge in [0.15, 0.2) is 0 Å². The van der Waals surface area contributed by atoms with Crippen molar-refractivity contribution in [3.8, 4) is 0 Å². The van der Waals surface area contributed by atoms with Gasteiger partial charge in [0.2, 0.25) is 5.91 Å². The number of hydrogen-bond acceptors (Lipinski definition) is 2. The van der Waals surface area contributed by atoms with Crippen LogP contribution >= 0.6 is 11.6 Å².